The number of carbonyl (C=O) groups is 2. The van der Waals surface area contributed by atoms with Crippen molar-refractivity contribution in [1.82, 2.24) is 0 Å². The van der Waals surface area contributed by atoms with Crippen LogP contribution >= 0.6 is 11.6 Å². The van der Waals surface area contributed by atoms with Gasteiger partial charge in [0.2, 0.25) is 11.8 Å². The van der Waals surface area contributed by atoms with E-state index in [0.717, 1.165) is 0 Å². The Morgan fingerprint density at radius 2 is 2.00 bits per heavy atom. The zero-order valence-electron chi connectivity index (χ0n) is 9.92. The van der Waals surface area contributed by atoms with Crippen molar-refractivity contribution < 1.29 is 9.59 Å². The van der Waals surface area contributed by atoms with Gasteiger partial charge >= 0.3 is 0 Å². The van der Waals surface area contributed by atoms with E-state index in [1.54, 1.807) is 18.2 Å². The fraction of sp³-hybridized carbons (Fsp3) is 0.333. The molecule has 2 amide bonds. The van der Waals surface area contributed by atoms with E-state index in [-0.39, 0.29) is 11.8 Å². The Bertz CT molecular complexity index is 512. The Balaban J connectivity index is 2.16. The number of amides is 2. The molecule has 1 saturated carbocycles. The van der Waals surface area contributed by atoms with Gasteiger partial charge in [-0.2, -0.15) is 0 Å². The fourth-order valence-corrected chi connectivity index (χ4v) is 1.68. The number of carbonyl (C=O) groups excluding carboxylic acids is 2. The fourth-order valence-electron chi connectivity index (χ4n) is 1.51. The molecule has 5 nitrogen and oxygen atoms in total. The summed E-state index contributed by atoms with van der Waals surface area (Å²) >= 11 is 5.98. The number of rotatable bonds is 3. The molecule has 1 aromatic rings. The third-order valence-corrected chi connectivity index (χ3v) is 3.11. The van der Waals surface area contributed by atoms with E-state index in [1.807, 2.05) is 0 Å². The highest BCUT2D eigenvalue weighted by molar-refractivity contribution is 6.34. The molecule has 0 aliphatic heterocycles. The Hall–Kier alpha value is -1.59. The van der Waals surface area contributed by atoms with Crippen molar-refractivity contribution in [3.05, 3.63) is 23.2 Å². The third-order valence-electron chi connectivity index (χ3n) is 2.78. The molecule has 0 heterocycles. The standard InChI is InChI=1S/C12H14ClN3O2/c1-7(17)15-8-2-3-9(13)10(6-8)16-11(18)12(14)4-5-12/h2-3,6H,4-5,14H2,1H3,(H,15,17)(H,16,18). The van der Waals surface area contributed by atoms with Crippen molar-refractivity contribution >= 4 is 34.8 Å². The van der Waals surface area contributed by atoms with Crippen LogP contribution in [0.3, 0.4) is 0 Å². The minimum atomic E-state index is -0.757. The Morgan fingerprint density at radius 3 is 2.56 bits per heavy atom. The molecular formula is C12H14ClN3O2. The number of nitrogens with two attached hydrogens (primary N) is 1. The van der Waals surface area contributed by atoms with Crippen LogP contribution in [0.4, 0.5) is 11.4 Å². The molecule has 0 spiro atoms. The van der Waals surface area contributed by atoms with Crippen molar-refractivity contribution in [2.24, 2.45) is 5.73 Å². The highest BCUT2D eigenvalue weighted by Crippen LogP contribution is 2.34. The zero-order chi connectivity index (χ0) is 13.3. The first-order chi connectivity index (χ1) is 8.40. The highest BCUT2D eigenvalue weighted by atomic mass is 35.5. The second kappa shape index (κ2) is 4.59. The average Bonchev–Trinajstić information content (AvgIpc) is 3.02. The Kier molecular flexibility index (Phi) is 3.28. The van der Waals surface area contributed by atoms with Crippen LogP contribution in [-0.4, -0.2) is 17.4 Å². The van der Waals surface area contributed by atoms with Gasteiger partial charge in [-0.1, -0.05) is 11.6 Å². The summed E-state index contributed by atoms with van der Waals surface area (Å²) in [5, 5.41) is 5.70. The summed E-state index contributed by atoms with van der Waals surface area (Å²) in [5.74, 6) is -0.434. The molecule has 2 rings (SSSR count). The molecule has 18 heavy (non-hydrogen) atoms. The maximum absolute atomic E-state index is 11.8. The summed E-state index contributed by atoms with van der Waals surface area (Å²) in [6.07, 6.45) is 1.36. The topological polar surface area (TPSA) is 84.2 Å². The van der Waals surface area contributed by atoms with Crippen molar-refractivity contribution in [1.29, 1.82) is 0 Å². The summed E-state index contributed by atoms with van der Waals surface area (Å²) in [4.78, 5) is 22.7. The lowest BCUT2D eigenvalue weighted by Crippen LogP contribution is -2.37. The number of hydrogen-bond donors (Lipinski definition) is 3. The van der Waals surface area contributed by atoms with Crippen LogP contribution in [0.5, 0.6) is 0 Å². The number of benzene rings is 1. The van der Waals surface area contributed by atoms with Crippen LogP contribution < -0.4 is 16.4 Å². The molecule has 1 fully saturated rings. The molecule has 6 heteroatoms. The molecule has 1 aliphatic rings. The zero-order valence-corrected chi connectivity index (χ0v) is 10.7. The lowest BCUT2D eigenvalue weighted by Gasteiger charge is -2.12. The molecule has 0 aromatic heterocycles. The van der Waals surface area contributed by atoms with E-state index in [2.05, 4.69) is 10.6 Å². The van der Waals surface area contributed by atoms with Gasteiger partial charge in [0, 0.05) is 12.6 Å². The molecule has 1 aliphatic carbocycles. The summed E-state index contributed by atoms with van der Waals surface area (Å²) in [7, 11) is 0. The van der Waals surface area contributed by atoms with Gasteiger partial charge in [-0.25, -0.2) is 0 Å². The normalized spacial score (nSPS) is 15.9. The van der Waals surface area contributed by atoms with E-state index < -0.39 is 5.54 Å². The molecular weight excluding hydrogens is 254 g/mol. The average molecular weight is 268 g/mol. The van der Waals surface area contributed by atoms with Gasteiger partial charge in [0.05, 0.1) is 16.2 Å². The second-order valence-corrected chi connectivity index (χ2v) is 4.89. The SMILES string of the molecule is CC(=O)Nc1ccc(Cl)c(NC(=O)C2(N)CC2)c1. The van der Waals surface area contributed by atoms with E-state index in [1.165, 1.54) is 6.92 Å². The summed E-state index contributed by atoms with van der Waals surface area (Å²) < 4.78 is 0. The molecule has 96 valence electrons. The first-order valence-corrected chi connectivity index (χ1v) is 5.96. The summed E-state index contributed by atoms with van der Waals surface area (Å²) in [6, 6.07) is 4.88. The van der Waals surface area contributed by atoms with Crippen molar-refractivity contribution in [3.8, 4) is 0 Å². The van der Waals surface area contributed by atoms with Gasteiger partial charge in [-0.05, 0) is 31.0 Å². The smallest absolute Gasteiger partial charge is 0.244 e. The van der Waals surface area contributed by atoms with Gasteiger partial charge in [0.15, 0.2) is 0 Å². The summed E-state index contributed by atoms with van der Waals surface area (Å²) in [5.41, 5.74) is 6.05. The Labute approximate surface area is 110 Å². The van der Waals surface area contributed by atoms with E-state index in [4.69, 9.17) is 17.3 Å². The third kappa shape index (κ3) is 2.80. The van der Waals surface area contributed by atoms with Crippen LogP contribution in [0.25, 0.3) is 0 Å². The van der Waals surface area contributed by atoms with Crippen LogP contribution in [0.15, 0.2) is 18.2 Å². The highest BCUT2D eigenvalue weighted by Gasteiger charge is 2.46. The molecule has 1 aromatic carbocycles. The van der Waals surface area contributed by atoms with Gasteiger partial charge in [0.25, 0.3) is 0 Å². The first kappa shape index (κ1) is 12.9. The van der Waals surface area contributed by atoms with Crippen molar-refractivity contribution in [2.75, 3.05) is 10.6 Å². The van der Waals surface area contributed by atoms with Crippen LogP contribution in [-0.2, 0) is 9.59 Å². The monoisotopic (exact) mass is 267 g/mol. The molecule has 0 radical (unpaired) electrons. The van der Waals surface area contributed by atoms with Gasteiger partial charge in [-0.15, -0.1) is 0 Å². The number of hydrogen-bond acceptors (Lipinski definition) is 3. The van der Waals surface area contributed by atoms with Crippen LogP contribution in [0.1, 0.15) is 19.8 Å². The van der Waals surface area contributed by atoms with E-state index in [9.17, 15) is 9.59 Å². The quantitative estimate of drug-likeness (QED) is 0.780. The second-order valence-electron chi connectivity index (χ2n) is 4.49. The molecule has 0 bridgehead atoms. The van der Waals surface area contributed by atoms with Gasteiger partial charge < -0.3 is 16.4 Å². The molecule has 4 N–H and O–H groups in total. The maximum atomic E-state index is 11.8. The maximum Gasteiger partial charge on any atom is 0.244 e. The number of halogens is 1. The predicted octanol–water partition coefficient (Wildman–Crippen LogP) is 1.73. The Morgan fingerprint density at radius 1 is 1.33 bits per heavy atom. The van der Waals surface area contributed by atoms with Crippen molar-refractivity contribution in [3.63, 3.8) is 0 Å². The molecule has 0 unspecified atom stereocenters. The number of anilines is 2. The van der Waals surface area contributed by atoms with E-state index >= 15 is 0 Å². The largest absolute Gasteiger partial charge is 0.326 e. The van der Waals surface area contributed by atoms with Gasteiger partial charge in [0.1, 0.15) is 0 Å². The van der Waals surface area contributed by atoms with Crippen LogP contribution in [0, 0.1) is 0 Å². The lowest BCUT2D eigenvalue weighted by molar-refractivity contribution is -0.118. The number of nitrogens with one attached hydrogen (secondary N) is 2. The predicted molar refractivity (Wildman–Crippen MR) is 70.5 cm³/mol. The van der Waals surface area contributed by atoms with Crippen LogP contribution in [0.2, 0.25) is 5.02 Å². The van der Waals surface area contributed by atoms with E-state index in [0.29, 0.717) is 29.2 Å². The minimum absolute atomic E-state index is 0.188. The minimum Gasteiger partial charge on any atom is -0.326 e. The van der Waals surface area contributed by atoms with Crippen molar-refractivity contribution in [2.45, 2.75) is 25.3 Å². The molecule has 0 atom stereocenters. The van der Waals surface area contributed by atoms with Gasteiger partial charge in [-0.3, -0.25) is 9.59 Å². The molecule has 0 saturated heterocycles. The first-order valence-electron chi connectivity index (χ1n) is 5.58. The lowest BCUT2D eigenvalue weighted by atomic mass is 10.2. The summed E-state index contributed by atoms with van der Waals surface area (Å²) in [6.45, 7) is 1.41.